The molecule has 0 aromatic carbocycles. The third-order valence-electron chi connectivity index (χ3n) is 3.35. The predicted octanol–water partition coefficient (Wildman–Crippen LogP) is 2.11. The fourth-order valence-electron chi connectivity index (χ4n) is 1.97. The summed E-state index contributed by atoms with van der Waals surface area (Å²) >= 11 is 0. The topological polar surface area (TPSA) is 76.3 Å². The molecule has 0 aliphatic carbocycles. The summed E-state index contributed by atoms with van der Waals surface area (Å²) in [6, 6.07) is 3.19. The average Bonchev–Trinajstić information content (AvgIpc) is 2.40. The fourth-order valence-corrected chi connectivity index (χ4v) is 3.52. The van der Waals surface area contributed by atoms with E-state index in [2.05, 4.69) is 18.8 Å². The van der Waals surface area contributed by atoms with Gasteiger partial charge in [0, 0.05) is 19.3 Å². The quantitative estimate of drug-likeness (QED) is 0.832. The van der Waals surface area contributed by atoms with Crippen LogP contribution >= 0.6 is 0 Å². The summed E-state index contributed by atoms with van der Waals surface area (Å²) in [4.78, 5) is 3.92. The van der Waals surface area contributed by atoms with E-state index >= 15 is 0 Å². The maximum absolute atomic E-state index is 12.5. The van der Waals surface area contributed by atoms with Crippen molar-refractivity contribution in [3.63, 3.8) is 0 Å². The van der Waals surface area contributed by atoms with Gasteiger partial charge in [-0.3, -0.25) is 0 Å². The number of sulfonamides is 1. The highest BCUT2D eigenvalue weighted by molar-refractivity contribution is 7.89. The summed E-state index contributed by atoms with van der Waals surface area (Å²) < 4.78 is 26.5. The summed E-state index contributed by atoms with van der Waals surface area (Å²) in [7, 11) is -3.60. The van der Waals surface area contributed by atoms with E-state index in [0.717, 1.165) is 12.8 Å². The predicted molar refractivity (Wildman–Crippen MR) is 77.2 cm³/mol. The first-order valence-corrected chi connectivity index (χ1v) is 8.11. The molecule has 0 aliphatic heterocycles. The van der Waals surface area contributed by atoms with Gasteiger partial charge in [0.25, 0.3) is 10.0 Å². The lowest BCUT2D eigenvalue weighted by Gasteiger charge is -2.24. The van der Waals surface area contributed by atoms with Gasteiger partial charge in [0.05, 0.1) is 5.69 Å². The van der Waals surface area contributed by atoms with Gasteiger partial charge in [-0.2, -0.15) is 4.31 Å². The Morgan fingerprint density at radius 2 is 1.95 bits per heavy atom. The molecule has 2 N–H and O–H groups in total. The third kappa shape index (κ3) is 3.67. The molecule has 0 amide bonds. The molecular weight excluding hydrogens is 262 g/mol. The van der Waals surface area contributed by atoms with Crippen molar-refractivity contribution in [2.45, 2.75) is 38.6 Å². The first-order valence-electron chi connectivity index (χ1n) is 6.67. The first kappa shape index (κ1) is 15.9. The van der Waals surface area contributed by atoms with Gasteiger partial charge in [-0.05, 0) is 18.1 Å². The molecule has 0 spiro atoms. The Hall–Kier alpha value is -1.14. The number of nitrogens with two attached hydrogens (primary N) is 1. The second kappa shape index (κ2) is 6.86. The number of nitrogen functional groups attached to an aromatic ring is 1. The van der Waals surface area contributed by atoms with Crippen molar-refractivity contribution in [2.75, 3.05) is 18.8 Å². The van der Waals surface area contributed by atoms with Crippen LogP contribution in [0.5, 0.6) is 0 Å². The van der Waals surface area contributed by atoms with Crippen molar-refractivity contribution >= 4 is 15.7 Å². The van der Waals surface area contributed by atoms with E-state index in [1.54, 1.807) is 12.1 Å². The number of rotatable bonds is 7. The summed E-state index contributed by atoms with van der Waals surface area (Å²) in [6.45, 7) is 6.92. The van der Waals surface area contributed by atoms with E-state index in [0.29, 0.717) is 19.0 Å². The fraction of sp³-hybridized carbons (Fsp3) is 0.615. The standard InChI is InChI=1S/C13H23N3O2S/c1-4-11(5-2)10-16(6-3)19(17,18)13-12(14)8-7-9-15-13/h7-9,11H,4-6,10,14H2,1-3H3. The van der Waals surface area contributed by atoms with Crippen LogP contribution in [-0.2, 0) is 10.0 Å². The minimum absolute atomic E-state index is 0.0391. The maximum Gasteiger partial charge on any atom is 0.262 e. The Morgan fingerprint density at radius 3 is 2.42 bits per heavy atom. The van der Waals surface area contributed by atoms with Crippen molar-refractivity contribution < 1.29 is 8.42 Å². The van der Waals surface area contributed by atoms with E-state index in [1.807, 2.05) is 6.92 Å². The maximum atomic E-state index is 12.5. The van der Waals surface area contributed by atoms with Gasteiger partial charge in [-0.1, -0.05) is 33.6 Å². The molecule has 1 aromatic rings. The average molecular weight is 285 g/mol. The van der Waals surface area contributed by atoms with Gasteiger partial charge in [0.2, 0.25) is 0 Å². The number of anilines is 1. The minimum Gasteiger partial charge on any atom is -0.396 e. The number of aromatic nitrogens is 1. The van der Waals surface area contributed by atoms with Crippen LogP contribution in [0.2, 0.25) is 0 Å². The Labute approximate surface area is 115 Å². The second-order valence-electron chi connectivity index (χ2n) is 4.54. The number of pyridine rings is 1. The third-order valence-corrected chi connectivity index (χ3v) is 5.27. The van der Waals surface area contributed by atoms with E-state index < -0.39 is 10.0 Å². The zero-order chi connectivity index (χ0) is 14.5. The second-order valence-corrected chi connectivity index (χ2v) is 6.39. The molecule has 0 fully saturated rings. The lowest BCUT2D eigenvalue weighted by molar-refractivity contribution is 0.338. The van der Waals surface area contributed by atoms with E-state index in [4.69, 9.17) is 5.73 Å². The van der Waals surface area contributed by atoms with Crippen molar-refractivity contribution in [3.8, 4) is 0 Å². The monoisotopic (exact) mass is 285 g/mol. The van der Waals surface area contributed by atoms with Crippen molar-refractivity contribution in [1.29, 1.82) is 0 Å². The van der Waals surface area contributed by atoms with Gasteiger partial charge < -0.3 is 5.73 Å². The smallest absolute Gasteiger partial charge is 0.262 e. The Morgan fingerprint density at radius 1 is 1.32 bits per heavy atom. The molecule has 0 aliphatic rings. The first-order chi connectivity index (χ1) is 8.97. The largest absolute Gasteiger partial charge is 0.396 e. The van der Waals surface area contributed by atoms with Crippen LogP contribution in [0.15, 0.2) is 23.4 Å². The molecular formula is C13H23N3O2S. The van der Waals surface area contributed by atoms with E-state index in [9.17, 15) is 8.42 Å². The molecule has 0 bridgehead atoms. The Balaban J connectivity index is 3.06. The van der Waals surface area contributed by atoms with Gasteiger partial charge >= 0.3 is 0 Å². The molecule has 19 heavy (non-hydrogen) atoms. The van der Waals surface area contributed by atoms with E-state index in [1.165, 1.54) is 10.5 Å². The van der Waals surface area contributed by atoms with E-state index in [-0.39, 0.29) is 10.7 Å². The van der Waals surface area contributed by atoms with Crippen molar-refractivity contribution in [3.05, 3.63) is 18.3 Å². The minimum atomic E-state index is -3.60. The molecule has 1 rings (SSSR count). The highest BCUT2D eigenvalue weighted by Crippen LogP contribution is 2.21. The van der Waals surface area contributed by atoms with Crippen LogP contribution in [0.4, 0.5) is 5.69 Å². The summed E-state index contributed by atoms with van der Waals surface area (Å²) in [5.74, 6) is 0.361. The number of hydrogen-bond acceptors (Lipinski definition) is 4. The van der Waals surface area contributed by atoms with Crippen LogP contribution in [-0.4, -0.2) is 30.8 Å². The van der Waals surface area contributed by atoms with Crippen molar-refractivity contribution in [1.82, 2.24) is 9.29 Å². The normalized spacial score (nSPS) is 12.3. The van der Waals surface area contributed by atoms with Gasteiger partial charge in [0.1, 0.15) is 0 Å². The van der Waals surface area contributed by atoms with Crippen LogP contribution in [0.25, 0.3) is 0 Å². The molecule has 1 heterocycles. The number of nitrogens with zero attached hydrogens (tertiary/aromatic N) is 2. The highest BCUT2D eigenvalue weighted by atomic mass is 32.2. The molecule has 5 nitrogen and oxygen atoms in total. The van der Waals surface area contributed by atoms with Gasteiger partial charge in [-0.15, -0.1) is 0 Å². The van der Waals surface area contributed by atoms with Gasteiger partial charge in [-0.25, -0.2) is 13.4 Å². The summed E-state index contributed by atoms with van der Waals surface area (Å²) in [5.41, 5.74) is 5.93. The summed E-state index contributed by atoms with van der Waals surface area (Å²) in [6.07, 6.45) is 3.37. The molecule has 6 heteroatoms. The van der Waals surface area contributed by atoms with Crippen LogP contribution < -0.4 is 5.73 Å². The zero-order valence-corrected chi connectivity index (χ0v) is 12.7. The van der Waals surface area contributed by atoms with Gasteiger partial charge in [0.15, 0.2) is 5.03 Å². The van der Waals surface area contributed by atoms with Crippen LogP contribution in [0.3, 0.4) is 0 Å². The molecule has 0 unspecified atom stereocenters. The lowest BCUT2D eigenvalue weighted by atomic mass is 10.0. The Kier molecular flexibility index (Phi) is 5.75. The lowest BCUT2D eigenvalue weighted by Crippen LogP contribution is -2.36. The molecule has 1 aromatic heterocycles. The SMILES string of the molecule is CCC(CC)CN(CC)S(=O)(=O)c1ncccc1N. The van der Waals surface area contributed by atoms with Crippen molar-refractivity contribution in [2.24, 2.45) is 5.92 Å². The molecule has 0 atom stereocenters. The highest BCUT2D eigenvalue weighted by Gasteiger charge is 2.27. The van der Waals surface area contributed by atoms with Crippen LogP contribution in [0, 0.1) is 5.92 Å². The van der Waals surface area contributed by atoms with Crippen LogP contribution in [0.1, 0.15) is 33.6 Å². The number of hydrogen-bond donors (Lipinski definition) is 1. The Bertz CT molecular complexity index is 498. The molecule has 0 saturated carbocycles. The molecule has 0 saturated heterocycles. The molecule has 0 radical (unpaired) electrons. The summed E-state index contributed by atoms with van der Waals surface area (Å²) in [5, 5.41) is -0.0391. The molecule has 108 valence electrons. The zero-order valence-electron chi connectivity index (χ0n) is 11.8.